The van der Waals surface area contributed by atoms with E-state index in [0.717, 1.165) is 25.9 Å². The number of nitrogens with two attached hydrogens (primary N) is 1. The number of hydrogen-bond donors (Lipinski definition) is 2. The molecule has 0 aromatic heterocycles. The summed E-state index contributed by atoms with van der Waals surface area (Å²) < 4.78 is 5.66. The van der Waals surface area contributed by atoms with E-state index in [-0.39, 0.29) is 5.84 Å². The zero-order valence-corrected chi connectivity index (χ0v) is 7.52. The maximum Gasteiger partial charge on any atom is 0.153 e. The lowest BCUT2D eigenvalue weighted by molar-refractivity contribution is -0.0332. The summed E-state index contributed by atoms with van der Waals surface area (Å²) in [5.41, 5.74) is 5.43. The third-order valence-corrected chi connectivity index (χ3v) is 2.63. The van der Waals surface area contributed by atoms with Crippen LogP contribution < -0.4 is 5.73 Å². The molecule has 2 rings (SSSR count). The number of oxime groups is 1. The van der Waals surface area contributed by atoms with Crippen LogP contribution in [0.3, 0.4) is 0 Å². The van der Waals surface area contributed by atoms with Crippen molar-refractivity contribution in [3.05, 3.63) is 0 Å². The Labute approximate surface area is 77.1 Å². The zero-order chi connectivity index (χ0) is 9.26. The minimum Gasteiger partial charge on any atom is -0.409 e. The lowest BCUT2D eigenvalue weighted by Crippen LogP contribution is -2.46. The molecule has 13 heavy (non-hydrogen) atoms. The van der Waals surface area contributed by atoms with Gasteiger partial charge < -0.3 is 15.7 Å². The van der Waals surface area contributed by atoms with E-state index in [9.17, 15) is 0 Å². The summed E-state index contributed by atoms with van der Waals surface area (Å²) in [5.74, 6) is 0.279. The quantitative estimate of drug-likeness (QED) is 0.266. The summed E-state index contributed by atoms with van der Waals surface area (Å²) in [5, 5.41) is 11.4. The Hall–Kier alpha value is -0.810. The molecule has 2 heterocycles. The molecule has 2 aliphatic heterocycles. The first-order chi connectivity index (χ1) is 6.28. The van der Waals surface area contributed by atoms with Gasteiger partial charge in [-0.05, 0) is 12.8 Å². The Bertz CT molecular complexity index is 207. The van der Waals surface area contributed by atoms with Gasteiger partial charge in [0.2, 0.25) is 0 Å². The molecule has 3 N–H and O–H groups in total. The van der Waals surface area contributed by atoms with Crippen LogP contribution in [0.4, 0.5) is 0 Å². The van der Waals surface area contributed by atoms with E-state index in [1.165, 1.54) is 0 Å². The van der Waals surface area contributed by atoms with Gasteiger partial charge in [0.05, 0.1) is 18.8 Å². The van der Waals surface area contributed by atoms with Crippen LogP contribution in [-0.2, 0) is 4.74 Å². The van der Waals surface area contributed by atoms with Crippen molar-refractivity contribution in [2.75, 3.05) is 19.6 Å². The monoisotopic (exact) mass is 185 g/mol. The van der Waals surface area contributed by atoms with E-state index in [0.29, 0.717) is 18.8 Å². The average molecular weight is 185 g/mol. The Morgan fingerprint density at radius 1 is 1.46 bits per heavy atom. The molecule has 2 fully saturated rings. The molecule has 0 aliphatic carbocycles. The van der Waals surface area contributed by atoms with Crippen molar-refractivity contribution >= 4 is 5.84 Å². The fourth-order valence-corrected chi connectivity index (χ4v) is 2.09. The topological polar surface area (TPSA) is 71.1 Å². The number of hydrogen-bond acceptors (Lipinski definition) is 4. The molecule has 2 atom stereocenters. The van der Waals surface area contributed by atoms with Gasteiger partial charge in [-0.1, -0.05) is 5.16 Å². The van der Waals surface area contributed by atoms with Crippen molar-refractivity contribution in [2.45, 2.75) is 25.0 Å². The Morgan fingerprint density at radius 3 is 2.62 bits per heavy atom. The molecule has 2 saturated heterocycles. The van der Waals surface area contributed by atoms with Crippen LogP contribution in [-0.4, -0.2) is 47.8 Å². The maximum atomic E-state index is 8.42. The third-order valence-electron chi connectivity index (χ3n) is 2.63. The molecule has 2 bridgehead atoms. The van der Waals surface area contributed by atoms with Gasteiger partial charge in [0, 0.05) is 13.1 Å². The highest BCUT2D eigenvalue weighted by Gasteiger charge is 2.33. The predicted molar refractivity (Wildman–Crippen MR) is 47.7 cm³/mol. The van der Waals surface area contributed by atoms with Gasteiger partial charge in [0.1, 0.15) is 0 Å². The molecule has 0 saturated carbocycles. The first-order valence-corrected chi connectivity index (χ1v) is 4.62. The van der Waals surface area contributed by atoms with E-state index < -0.39 is 0 Å². The van der Waals surface area contributed by atoms with Gasteiger partial charge in [0.25, 0.3) is 0 Å². The SMILES string of the molecule is NC(CN1CC2CCC(C1)O2)=NO. The van der Waals surface area contributed by atoms with Gasteiger partial charge in [-0.2, -0.15) is 0 Å². The number of morpholine rings is 1. The molecule has 5 heteroatoms. The number of likely N-dealkylation sites (tertiary alicyclic amines) is 1. The van der Waals surface area contributed by atoms with E-state index in [1.807, 2.05) is 0 Å². The Morgan fingerprint density at radius 2 is 2.08 bits per heavy atom. The van der Waals surface area contributed by atoms with Crippen LogP contribution in [0.25, 0.3) is 0 Å². The van der Waals surface area contributed by atoms with Crippen LogP contribution in [0.2, 0.25) is 0 Å². The first-order valence-electron chi connectivity index (χ1n) is 4.62. The molecule has 2 unspecified atom stereocenters. The summed E-state index contributed by atoms with van der Waals surface area (Å²) in [6.07, 6.45) is 3.03. The number of ether oxygens (including phenoxy) is 1. The molecule has 0 spiro atoms. The second-order valence-corrected chi connectivity index (χ2v) is 3.74. The molecule has 2 aliphatic rings. The summed E-state index contributed by atoms with van der Waals surface area (Å²) in [4.78, 5) is 2.18. The second-order valence-electron chi connectivity index (χ2n) is 3.74. The fourth-order valence-electron chi connectivity index (χ4n) is 2.09. The van der Waals surface area contributed by atoms with Crippen molar-refractivity contribution < 1.29 is 9.94 Å². The lowest BCUT2D eigenvalue weighted by Gasteiger charge is -2.31. The molecule has 0 aromatic rings. The van der Waals surface area contributed by atoms with Crippen molar-refractivity contribution in [3.8, 4) is 0 Å². The number of fused-ring (bicyclic) bond motifs is 2. The molecule has 74 valence electrons. The standard InChI is InChI=1S/C8H15N3O2/c9-8(10-12)5-11-3-6-1-2-7(4-11)13-6/h6-7,12H,1-5H2,(H2,9,10). The molecular weight excluding hydrogens is 170 g/mol. The molecule has 0 amide bonds. The minimum atomic E-state index is 0.279. The molecule has 0 radical (unpaired) electrons. The van der Waals surface area contributed by atoms with Gasteiger partial charge >= 0.3 is 0 Å². The van der Waals surface area contributed by atoms with Crippen LogP contribution in [0.15, 0.2) is 5.16 Å². The highest BCUT2D eigenvalue weighted by Crippen LogP contribution is 2.25. The summed E-state index contributed by atoms with van der Waals surface area (Å²) in [6, 6.07) is 0. The smallest absolute Gasteiger partial charge is 0.153 e. The Kier molecular flexibility index (Phi) is 2.37. The minimum absolute atomic E-state index is 0.279. The van der Waals surface area contributed by atoms with Crippen molar-refractivity contribution in [3.63, 3.8) is 0 Å². The second kappa shape index (κ2) is 3.51. The van der Waals surface area contributed by atoms with E-state index in [4.69, 9.17) is 15.7 Å². The maximum absolute atomic E-state index is 8.42. The van der Waals surface area contributed by atoms with E-state index >= 15 is 0 Å². The van der Waals surface area contributed by atoms with Gasteiger partial charge in [0.15, 0.2) is 5.84 Å². The van der Waals surface area contributed by atoms with Crippen LogP contribution in [0, 0.1) is 0 Å². The van der Waals surface area contributed by atoms with E-state index in [1.54, 1.807) is 0 Å². The first kappa shape index (κ1) is 8.77. The van der Waals surface area contributed by atoms with Gasteiger partial charge in [-0.3, -0.25) is 4.90 Å². The number of rotatable bonds is 2. The number of amidine groups is 1. The predicted octanol–water partition coefficient (Wildman–Crippen LogP) is -0.404. The summed E-state index contributed by atoms with van der Waals surface area (Å²) in [6.45, 7) is 2.37. The largest absolute Gasteiger partial charge is 0.409 e. The Balaban J connectivity index is 1.88. The van der Waals surface area contributed by atoms with Gasteiger partial charge in [-0.15, -0.1) is 0 Å². The summed E-state index contributed by atoms with van der Waals surface area (Å²) in [7, 11) is 0. The zero-order valence-electron chi connectivity index (χ0n) is 7.52. The fraction of sp³-hybridized carbons (Fsp3) is 0.875. The van der Waals surface area contributed by atoms with E-state index in [2.05, 4.69) is 10.1 Å². The highest BCUT2D eigenvalue weighted by molar-refractivity contribution is 5.81. The van der Waals surface area contributed by atoms with Crippen molar-refractivity contribution in [1.29, 1.82) is 0 Å². The third kappa shape index (κ3) is 1.92. The molecule has 5 nitrogen and oxygen atoms in total. The van der Waals surface area contributed by atoms with Crippen LogP contribution in [0.5, 0.6) is 0 Å². The molecular formula is C8H15N3O2. The van der Waals surface area contributed by atoms with Crippen LogP contribution >= 0.6 is 0 Å². The van der Waals surface area contributed by atoms with Crippen molar-refractivity contribution in [1.82, 2.24) is 4.90 Å². The van der Waals surface area contributed by atoms with Crippen LogP contribution in [0.1, 0.15) is 12.8 Å². The van der Waals surface area contributed by atoms with Crippen molar-refractivity contribution in [2.24, 2.45) is 10.9 Å². The number of nitrogens with zero attached hydrogens (tertiary/aromatic N) is 2. The summed E-state index contributed by atoms with van der Waals surface area (Å²) >= 11 is 0. The molecule has 0 aromatic carbocycles. The lowest BCUT2D eigenvalue weighted by atomic mass is 10.2. The normalized spacial score (nSPS) is 35.2. The van der Waals surface area contributed by atoms with Gasteiger partial charge in [-0.25, -0.2) is 0 Å². The average Bonchev–Trinajstić information content (AvgIpc) is 2.46. The highest BCUT2D eigenvalue weighted by atomic mass is 16.5.